The molecule has 0 atom stereocenters. The first-order valence-corrected chi connectivity index (χ1v) is 12.2. The van der Waals surface area contributed by atoms with Crippen LogP contribution >= 0.6 is 0 Å². The predicted octanol–water partition coefficient (Wildman–Crippen LogP) is 3.73. The average Bonchev–Trinajstić information content (AvgIpc) is 2.89. The van der Waals surface area contributed by atoms with Crippen molar-refractivity contribution in [3.63, 3.8) is 0 Å². The Labute approximate surface area is 207 Å². The molecule has 2 aromatic rings. The Morgan fingerprint density at radius 1 is 0.971 bits per heavy atom. The Morgan fingerprint density at radius 3 is 2.14 bits per heavy atom. The topological polar surface area (TPSA) is 82.2 Å². The van der Waals surface area contributed by atoms with Gasteiger partial charge in [0.05, 0.1) is 12.7 Å². The van der Waals surface area contributed by atoms with E-state index in [0.29, 0.717) is 61.8 Å². The third kappa shape index (κ3) is 6.12. The molecule has 188 valence electrons. The van der Waals surface area contributed by atoms with Crippen LogP contribution in [0.15, 0.2) is 42.5 Å². The fraction of sp³-hybridized carbons (Fsp3) is 0.444. The maximum atomic E-state index is 13.4. The molecule has 1 aliphatic rings. The fourth-order valence-electron chi connectivity index (χ4n) is 4.10. The van der Waals surface area contributed by atoms with E-state index in [0.717, 1.165) is 5.69 Å². The van der Waals surface area contributed by atoms with Crippen LogP contribution in [0.3, 0.4) is 0 Å². The first-order chi connectivity index (χ1) is 16.8. The van der Waals surface area contributed by atoms with E-state index in [1.54, 1.807) is 42.3 Å². The number of nitrogens with one attached hydrogen (secondary N) is 1. The minimum atomic E-state index is -0.159. The lowest BCUT2D eigenvalue weighted by molar-refractivity contribution is -0.118. The Morgan fingerprint density at radius 2 is 1.60 bits per heavy atom. The second-order valence-electron chi connectivity index (χ2n) is 8.86. The summed E-state index contributed by atoms with van der Waals surface area (Å²) in [6.07, 6.45) is 0. The van der Waals surface area contributed by atoms with Crippen molar-refractivity contribution in [1.29, 1.82) is 0 Å². The molecule has 0 saturated carbocycles. The number of benzene rings is 2. The predicted molar refractivity (Wildman–Crippen MR) is 138 cm³/mol. The van der Waals surface area contributed by atoms with Gasteiger partial charge in [-0.15, -0.1) is 0 Å². The monoisotopic (exact) mass is 480 g/mol. The highest BCUT2D eigenvalue weighted by atomic mass is 16.5. The van der Waals surface area contributed by atoms with E-state index in [2.05, 4.69) is 10.2 Å². The van der Waals surface area contributed by atoms with Gasteiger partial charge in [-0.1, -0.05) is 13.8 Å². The van der Waals surface area contributed by atoms with E-state index in [-0.39, 0.29) is 23.6 Å². The molecular formula is C27H36N4O4. The third-order valence-electron chi connectivity index (χ3n) is 6.31. The molecule has 1 heterocycles. The Kier molecular flexibility index (Phi) is 8.73. The lowest BCUT2D eigenvalue weighted by Gasteiger charge is -2.37. The van der Waals surface area contributed by atoms with Gasteiger partial charge in [-0.3, -0.25) is 14.4 Å². The van der Waals surface area contributed by atoms with Crippen LogP contribution in [0.2, 0.25) is 0 Å². The number of methoxy groups -OCH3 is 1. The van der Waals surface area contributed by atoms with Crippen molar-refractivity contribution in [2.24, 2.45) is 5.92 Å². The Hall–Kier alpha value is -3.55. The molecule has 1 aliphatic heterocycles. The minimum absolute atomic E-state index is 0.0153. The Balaban J connectivity index is 1.79. The lowest BCUT2D eigenvalue weighted by Crippen LogP contribution is -2.49. The highest BCUT2D eigenvalue weighted by Gasteiger charge is 2.26. The number of carbonyl (C=O) groups excluding carboxylic acids is 3. The average molecular weight is 481 g/mol. The van der Waals surface area contributed by atoms with Gasteiger partial charge in [0, 0.05) is 62.1 Å². The summed E-state index contributed by atoms with van der Waals surface area (Å²) in [7, 11) is 1.60. The highest BCUT2D eigenvalue weighted by Crippen LogP contribution is 2.28. The van der Waals surface area contributed by atoms with Crippen LogP contribution < -0.4 is 15.0 Å². The van der Waals surface area contributed by atoms with Crippen molar-refractivity contribution >= 4 is 29.1 Å². The van der Waals surface area contributed by atoms with Crippen molar-refractivity contribution < 1.29 is 19.1 Å². The first kappa shape index (κ1) is 26.1. The van der Waals surface area contributed by atoms with E-state index in [4.69, 9.17) is 4.74 Å². The molecule has 1 N–H and O–H groups in total. The standard InChI is InChI=1S/C27H36N4O4/c1-6-29(7-2)27(34)23-18-21(28-25(32)19(3)4)10-13-24(23)30-14-16-31(17-15-30)26(33)20-8-11-22(35-5)12-9-20/h8-13,18-19H,6-7,14-17H2,1-5H3,(H,28,32). The van der Waals surface area contributed by atoms with Gasteiger partial charge in [0.15, 0.2) is 0 Å². The summed E-state index contributed by atoms with van der Waals surface area (Å²) in [5.41, 5.74) is 2.62. The van der Waals surface area contributed by atoms with Crippen LogP contribution in [-0.4, -0.2) is 73.9 Å². The molecule has 1 fully saturated rings. The number of anilines is 2. The van der Waals surface area contributed by atoms with Crippen molar-refractivity contribution in [2.75, 3.05) is 56.6 Å². The minimum Gasteiger partial charge on any atom is -0.497 e. The second-order valence-corrected chi connectivity index (χ2v) is 8.86. The molecule has 0 bridgehead atoms. The van der Waals surface area contributed by atoms with Crippen LogP contribution in [0.5, 0.6) is 5.75 Å². The number of piperazine rings is 1. The van der Waals surface area contributed by atoms with Gasteiger partial charge in [0.2, 0.25) is 5.91 Å². The fourth-order valence-corrected chi connectivity index (χ4v) is 4.10. The molecule has 8 nitrogen and oxygen atoms in total. The second kappa shape index (κ2) is 11.7. The molecule has 8 heteroatoms. The smallest absolute Gasteiger partial charge is 0.256 e. The third-order valence-corrected chi connectivity index (χ3v) is 6.31. The van der Waals surface area contributed by atoms with Crippen LogP contribution in [0.25, 0.3) is 0 Å². The van der Waals surface area contributed by atoms with Gasteiger partial charge in [0.25, 0.3) is 11.8 Å². The number of rotatable bonds is 8. The molecular weight excluding hydrogens is 444 g/mol. The lowest BCUT2D eigenvalue weighted by atomic mass is 10.1. The summed E-state index contributed by atoms with van der Waals surface area (Å²) in [6, 6.07) is 12.6. The zero-order chi connectivity index (χ0) is 25.5. The maximum Gasteiger partial charge on any atom is 0.256 e. The highest BCUT2D eigenvalue weighted by molar-refractivity contribution is 6.02. The van der Waals surface area contributed by atoms with E-state index in [1.807, 2.05) is 44.7 Å². The van der Waals surface area contributed by atoms with E-state index >= 15 is 0 Å². The van der Waals surface area contributed by atoms with Gasteiger partial charge in [-0.2, -0.15) is 0 Å². The number of ether oxygens (including phenoxy) is 1. The number of nitrogens with zero attached hydrogens (tertiary/aromatic N) is 3. The van der Waals surface area contributed by atoms with Gasteiger partial charge in [-0.25, -0.2) is 0 Å². The quantitative estimate of drug-likeness (QED) is 0.623. The summed E-state index contributed by atoms with van der Waals surface area (Å²) in [6.45, 7) is 11.1. The number of hydrogen-bond donors (Lipinski definition) is 1. The van der Waals surface area contributed by atoms with E-state index < -0.39 is 0 Å². The number of carbonyl (C=O) groups is 3. The van der Waals surface area contributed by atoms with Crippen molar-refractivity contribution in [3.05, 3.63) is 53.6 Å². The summed E-state index contributed by atoms with van der Waals surface area (Å²) >= 11 is 0. The molecule has 1 saturated heterocycles. The Bertz CT molecular complexity index is 1040. The van der Waals surface area contributed by atoms with Crippen LogP contribution in [0, 0.1) is 5.92 Å². The largest absolute Gasteiger partial charge is 0.497 e. The van der Waals surface area contributed by atoms with Crippen molar-refractivity contribution in [2.45, 2.75) is 27.7 Å². The van der Waals surface area contributed by atoms with Crippen LogP contribution in [0.1, 0.15) is 48.4 Å². The molecule has 3 amide bonds. The van der Waals surface area contributed by atoms with Crippen molar-refractivity contribution in [3.8, 4) is 5.75 Å². The van der Waals surface area contributed by atoms with Gasteiger partial charge >= 0.3 is 0 Å². The zero-order valence-electron chi connectivity index (χ0n) is 21.3. The van der Waals surface area contributed by atoms with Crippen LogP contribution in [0.4, 0.5) is 11.4 Å². The SMILES string of the molecule is CCN(CC)C(=O)c1cc(NC(=O)C(C)C)ccc1N1CCN(C(=O)c2ccc(OC)cc2)CC1. The molecule has 0 aliphatic carbocycles. The van der Waals surface area contributed by atoms with Gasteiger partial charge < -0.3 is 24.8 Å². The van der Waals surface area contributed by atoms with E-state index in [9.17, 15) is 14.4 Å². The first-order valence-electron chi connectivity index (χ1n) is 12.2. The summed E-state index contributed by atoms with van der Waals surface area (Å²) in [5.74, 6) is 0.378. The van der Waals surface area contributed by atoms with E-state index in [1.165, 1.54) is 0 Å². The van der Waals surface area contributed by atoms with Gasteiger partial charge in [0.1, 0.15) is 5.75 Å². The maximum absolute atomic E-state index is 13.4. The normalized spacial score (nSPS) is 13.5. The van der Waals surface area contributed by atoms with Gasteiger partial charge in [-0.05, 0) is 56.3 Å². The summed E-state index contributed by atoms with van der Waals surface area (Å²) < 4.78 is 5.18. The molecule has 0 radical (unpaired) electrons. The van der Waals surface area contributed by atoms with Crippen molar-refractivity contribution in [1.82, 2.24) is 9.80 Å². The van der Waals surface area contributed by atoms with Crippen LogP contribution in [-0.2, 0) is 4.79 Å². The molecule has 3 rings (SSSR count). The number of hydrogen-bond acceptors (Lipinski definition) is 5. The molecule has 0 unspecified atom stereocenters. The number of amides is 3. The molecule has 35 heavy (non-hydrogen) atoms. The zero-order valence-corrected chi connectivity index (χ0v) is 21.3. The summed E-state index contributed by atoms with van der Waals surface area (Å²) in [4.78, 5) is 44.3. The molecule has 0 spiro atoms. The molecule has 0 aromatic heterocycles. The molecule has 2 aromatic carbocycles. The summed E-state index contributed by atoms with van der Waals surface area (Å²) in [5, 5.41) is 2.90.